The molecule has 7 nitrogen and oxygen atoms in total. The zero-order valence-electron chi connectivity index (χ0n) is 14.3. The molecule has 3 rings (SSSR count). The molecular weight excluding hydrogens is 322 g/mol. The van der Waals surface area contributed by atoms with Gasteiger partial charge in [-0.25, -0.2) is 4.98 Å². The molecule has 3 N–H and O–H groups in total. The summed E-state index contributed by atoms with van der Waals surface area (Å²) in [6.45, 7) is 0.582. The monoisotopic (exact) mass is 347 g/mol. The number of carbonyl (C=O) groups is 2. The number of piperidine rings is 1. The maximum atomic E-state index is 12.7. The summed E-state index contributed by atoms with van der Waals surface area (Å²) in [4.78, 5) is 29.8. The summed E-state index contributed by atoms with van der Waals surface area (Å²) in [5.41, 5.74) is 4.22. The Balaban J connectivity index is 1.62. The molecule has 0 atom stereocenters. The zero-order valence-corrected chi connectivity index (χ0v) is 14.3. The number of likely N-dealkylation sites (tertiary alicyclic amines) is 1. The maximum Gasteiger partial charge on any atom is 0.254 e. The molecule has 1 aromatic rings. The van der Waals surface area contributed by atoms with Gasteiger partial charge in [0.25, 0.3) is 5.91 Å². The number of carbonyl (C=O) groups excluding carboxylic acids is 2. The van der Waals surface area contributed by atoms with Gasteiger partial charge in [-0.2, -0.15) is 0 Å². The SMILES string of the molecule is NC(=O)C1(O)CCN(C(=O)c2ccnc(OC3CCCCC3)c2)CC1. The first-order chi connectivity index (χ1) is 12.0. The van der Waals surface area contributed by atoms with Crippen molar-refractivity contribution in [3.05, 3.63) is 23.9 Å². The smallest absolute Gasteiger partial charge is 0.254 e. The van der Waals surface area contributed by atoms with Gasteiger partial charge in [-0.3, -0.25) is 9.59 Å². The molecule has 1 aliphatic heterocycles. The van der Waals surface area contributed by atoms with E-state index in [0.717, 1.165) is 12.8 Å². The van der Waals surface area contributed by atoms with E-state index in [1.807, 2.05) is 0 Å². The van der Waals surface area contributed by atoms with Crippen molar-refractivity contribution < 1.29 is 19.4 Å². The Bertz CT molecular complexity index is 635. The number of nitrogens with two attached hydrogens (primary N) is 1. The number of amides is 2. The second-order valence-electron chi connectivity index (χ2n) is 6.95. The van der Waals surface area contributed by atoms with Crippen molar-refractivity contribution >= 4 is 11.8 Å². The van der Waals surface area contributed by atoms with Crippen molar-refractivity contribution in [2.45, 2.75) is 56.7 Å². The number of ether oxygens (including phenoxy) is 1. The van der Waals surface area contributed by atoms with E-state index < -0.39 is 11.5 Å². The summed E-state index contributed by atoms with van der Waals surface area (Å²) in [5, 5.41) is 10.1. The van der Waals surface area contributed by atoms with E-state index >= 15 is 0 Å². The number of hydrogen-bond donors (Lipinski definition) is 2. The van der Waals surface area contributed by atoms with E-state index in [9.17, 15) is 14.7 Å². The molecular formula is C18H25N3O4. The summed E-state index contributed by atoms with van der Waals surface area (Å²) in [5.74, 6) is -0.405. The highest BCUT2D eigenvalue weighted by molar-refractivity contribution is 5.94. The molecule has 0 aromatic carbocycles. The molecule has 1 aromatic heterocycles. The predicted molar refractivity (Wildman–Crippen MR) is 91.0 cm³/mol. The minimum Gasteiger partial charge on any atom is -0.474 e. The van der Waals surface area contributed by atoms with Crippen LogP contribution < -0.4 is 10.5 Å². The van der Waals surface area contributed by atoms with Gasteiger partial charge in [0.15, 0.2) is 0 Å². The molecule has 0 radical (unpaired) electrons. The van der Waals surface area contributed by atoms with Gasteiger partial charge in [-0.15, -0.1) is 0 Å². The standard InChI is InChI=1S/C18H25N3O4/c19-17(23)18(24)7-10-21(11-8-18)16(22)13-6-9-20-15(12-13)25-14-4-2-1-3-5-14/h6,9,12,14,24H,1-5,7-8,10-11H2,(H2,19,23). The van der Waals surface area contributed by atoms with Gasteiger partial charge >= 0.3 is 0 Å². The third-order valence-electron chi connectivity index (χ3n) is 5.16. The average Bonchev–Trinajstić information content (AvgIpc) is 2.63. The highest BCUT2D eigenvalue weighted by atomic mass is 16.5. The van der Waals surface area contributed by atoms with Crippen LogP contribution in [0.4, 0.5) is 0 Å². The van der Waals surface area contributed by atoms with E-state index in [-0.39, 0.29) is 24.9 Å². The lowest BCUT2D eigenvalue weighted by Gasteiger charge is -2.36. The summed E-state index contributed by atoms with van der Waals surface area (Å²) >= 11 is 0. The molecule has 0 spiro atoms. The van der Waals surface area contributed by atoms with E-state index in [0.29, 0.717) is 24.5 Å². The second-order valence-corrected chi connectivity index (χ2v) is 6.95. The van der Waals surface area contributed by atoms with Gasteiger partial charge in [-0.1, -0.05) is 6.42 Å². The predicted octanol–water partition coefficient (Wildman–Crippen LogP) is 1.25. The Labute approximate surface area is 147 Å². The summed E-state index contributed by atoms with van der Waals surface area (Å²) < 4.78 is 5.91. The molecule has 25 heavy (non-hydrogen) atoms. The Morgan fingerprint density at radius 2 is 1.92 bits per heavy atom. The van der Waals surface area contributed by atoms with Gasteiger partial charge in [0, 0.05) is 43.8 Å². The quantitative estimate of drug-likeness (QED) is 0.852. The number of aromatic nitrogens is 1. The van der Waals surface area contributed by atoms with E-state index in [1.165, 1.54) is 19.3 Å². The van der Waals surface area contributed by atoms with Crippen molar-refractivity contribution in [3.63, 3.8) is 0 Å². The van der Waals surface area contributed by atoms with Gasteiger partial charge in [-0.05, 0) is 31.7 Å². The van der Waals surface area contributed by atoms with Crippen LogP contribution in [0.2, 0.25) is 0 Å². The molecule has 7 heteroatoms. The molecule has 136 valence electrons. The molecule has 2 amide bonds. The third-order valence-corrected chi connectivity index (χ3v) is 5.16. The van der Waals surface area contributed by atoms with E-state index in [4.69, 9.17) is 10.5 Å². The Hall–Kier alpha value is -2.15. The molecule has 0 unspecified atom stereocenters. The lowest BCUT2D eigenvalue weighted by molar-refractivity contribution is -0.140. The van der Waals surface area contributed by atoms with E-state index in [1.54, 1.807) is 23.2 Å². The molecule has 2 fully saturated rings. The number of rotatable bonds is 4. The Kier molecular flexibility index (Phi) is 5.22. The van der Waals surface area contributed by atoms with Crippen LogP contribution in [0.1, 0.15) is 55.3 Å². The van der Waals surface area contributed by atoms with Crippen LogP contribution in [0.5, 0.6) is 5.88 Å². The highest BCUT2D eigenvalue weighted by Gasteiger charge is 2.39. The second kappa shape index (κ2) is 7.39. The summed E-state index contributed by atoms with van der Waals surface area (Å²) in [6, 6.07) is 3.33. The van der Waals surface area contributed by atoms with Crippen LogP contribution in [-0.2, 0) is 4.79 Å². The molecule has 0 bridgehead atoms. The number of primary amides is 1. The molecule has 1 aliphatic carbocycles. The largest absolute Gasteiger partial charge is 0.474 e. The summed E-state index contributed by atoms with van der Waals surface area (Å²) in [6.07, 6.45) is 7.70. The maximum absolute atomic E-state index is 12.7. The lowest BCUT2D eigenvalue weighted by atomic mass is 9.90. The van der Waals surface area contributed by atoms with Crippen LogP contribution in [0.25, 0.3) is 0 Å². The number of nitrogens with zero attached hydrogens (tertiary/aromatic N) is 2. The molecule has 2 aliphatic rings. The number of pyridine rings is 1. The first-order valence-corrected chi connectivity index (χ1v) is 8.92. The molecule has 2 heterocycles. The fourth-order valence-electron chi connectivity index (χ4n) is 3.47. The van der Waals surface area contributed by atoms with Crippen LogP contribution in [0.3, 0.4) is 0 Å². The Morgan fingerprint density at radius 3 is 2.56 bits per heavy atom. The average molecular weight is 347 g/mol. The van der Waals surface area contributed by atoms with Crippen LogP contribution >= 0.6 is 0 Å². The van der Waals surface area contributed by atoms with Crippen molar-refractivity contribution in [1.29, 1.82) is 0 Å². The zero-order chi connectivity index (χ0) is 17.9. The fourth-order valence-corrected chi connectivity index (χ4v) is 3.47. The first-order valence-electron chi connectivity index (χ1n) is 8.92. The Morgan fingerprint density at radius 1 is 1.24 bits per heavy atom. The van der Waals surface area contributed by atoms with Gasteiger partial charge in [0.2, 0.25) is 11.8 Å². The molecule has 1 saturated heterocycles. The van der Waals surface area contributed by atoms with Crippen LogP contribution in [0.15, 0.2) is 18.3 Å². The van der Waals surface area contributed by atoms with Crippen molar-refractivity contribution in [2.75, 3.05) is 13.1 Å². The number of aliphatic hydroxyl groups is 1. The summed E-state index contributed by atoms with van der Waals surface area (Å²) in [7, 11) is 0. The lowest BCUT2D eigenvalue weighted by Crippen LogP contribution is -2.53. The minimum absolute atomic E-state index is 0.151. The topological polar surface area (TPSA) is 106 Å². The van der Waals surface area contributed by atoms with Crippen molar-refractivity contribution in [2.24, 2.45) is 5.73 Å². The minimum atomic E-state index is -1.51. The van der Waals surface area contributed by atoms with Gasteiger partial charge < -0.3 is 20.5 Å². The van der Waals surface area contributed by atoms with Gasteiger partial charge in [0.05, 0.1) is 0 Å². The fraction of sp³-hybridized carbons (Fsp3) is 0.611. The van der Waals surface area contributed by atoms with Crippen LogP contribution in [-0.4, -0.2) is 51.6 Å². The highest BCUT2D eigenvalue weighted by Crippen LogP contribution is 2.25. The number of hydrogen-bond acceptors (Lipinski definition) is 5. The van der Waals surface area contributed by atoms with Crippen molar-refractivity contribution in [1.82, 2.24) is 9.88 Å². The van der Waals surface area contributed by atoms with Gasteiger partial charge in [0.1, 0.15) is 11.7 Å². The van der Waals surface area contributed by atoms with Crippen molar-refractivity contribution in [3.8, 4) is 5.88 Å². The van der Waals surface area contributed by atoms with Crippen LogP contribution in [0, 0.1) is 0 Å². The first kappa shape index (κ1) is 17.7. The third kappa shape index (κ3) is 4.10. The molecule has 1 saturated carbocycles. The normalized spacial score (nSPS) is 20.9. The van der Waals surface area contributed by atoms with E-state index in [2.05, 4.69) is 4.98 Å².